The second kappa shape index (κ2) is 9.43. The summed E-state index contributed by atoms with van der Waals surface area (Å²) >= 11 is 0.721. The Morgan fingerprint density at radius 2 is 1.90 bits per heavy atom. The van der Waals surface area contributed by atoms with Crippen LogP contribution in [0, 0.1) is 10.1 Å². The van der Waals surface area contributed by atoms with Gasteiger partial charge in [-0.3, -0.25) is 29.4 Å². The Morgan fingerprint density at radius 3 is 2.52 bits per heavy atom. The van der Waals surface area contributed by atoms with Gasteiger partial charge in [-0.2, -0.15) is 0 Å². The van der Waals surface area contributed by atoms with E-state index in [0.717, 1.165) is 16.7 Å². The molecule has 0 saturated carbocycles. The maximum Gasteiger partial charge on any atom is 0.293 e. The number of rotatable bonds is 8. The van der Waals surface area contributed by atoms with Gasteiger partial charge in [0.25, 0.3) is 16.8 Å². The topological polar surface area (TPSA) is 116 Å². The number of imide groups is 1. The van der Waals surface area contributed by atoms with Crippen LogP contribution in [-0.4, -0.2) is 47.0 Å². The highest BCUT2D eigenvalue weighted by atomic mass is 32.2. The maximum atomic E-state index is 12.8. The molecule has 31 heavy (non-hydrogen) atoms. The largest absolute Gasteiger partial charge is 0.493 e. The van der Waals surface area contributed by atoms with E-state index in [2.05, 4.69) is 0 Å². The quantitative estimate of drug-likeness (QED) is 0.261. The van der Waals surface area contributed by atoms with Crippen LogP contribution in [0.4, 0.5) is 10.5 Å². The number of carbonyl (C=O) groups excluding carboxylic acids is 3. The molecule has 160 valence electrons. The number of amides is 2. The van der Waals surface area contributed by atoms with E-state index in [1.54, 1.807) is 18.2 Å². The van der Waals surface area contributed by atoms with Crippen molar-refractivity contribution < 1.29 is 28.8 Å². The van der Waals surface area contributed by atoms with Gasteiger partial charge in [-0.1, -0.05) is 12.1 Å². The van der Waals surface area contributed by atoms with Crippen LogP contribution in [0.3, 0.4) is 0 Å². The van der Waals surface area contributed by atoms with Crippen LogP contribution < -0.4 is 9.47 Å². The number of methoxy groups -OCH3 is 1. The van der Waals surface area contributed by atoms with Crippen LogP contribution in [0.5, 0.6) is 11.5 Å². The lowest BCUT2D eigenvalue weighted by Gasteiger charge is -2.12. The van der Waals surface area contributed by atoms with Crippen molar-refractivity contribution in [2.24, 2.45) is 0 Å². The first-order chi connectivity index (χ1) is 14.8. The Bertz CT molecular complexity index is 1080. The second-order valence-electron chi connectivity index (χ2n) is 6.31. The number of ether oxygens (including phenoxy) is 2. The van der Waals surface area contributed by atoms with Gasteiger partial charge >= 0.3 is 0 Å². The van der Waals surface area contributed by atoms with Gasteiger partial charge in [0.15, 0.2) is 17.3 Å². The molecule has 0 spiro atoms. The number of hydrogen-bond acceptors (Lipinski definition) is 8. The van der Waals surface area contributed by atoms with Crippen LogP contribution in [0.2, 0.25) is 0 Å². The number of ketones is 1. The Labute approximate surface area is 181 Å². The summed E-state index contributed by atoms with van der Waals surface area (Å²) in [6.07, 6.45) is 1.52. The molecule has 1 saturated heterocycles. The summed E-state index contributed by atoms with van der Waals surface area (Å²) in [4.78, 5) is 48.7. The molecule has 1 heterocycles. The van der Waals surface area contributed by atoms with Crippen molar-refractivity contribution in [3.8, 4) is 11.5 Å². The number of hydrogen-bond donors (Lipinski definition) is 0. The van der Waals surface area contributed by atoms with E-state index < -0.39 is 28.4 Å². The van der Waals surface area contributed by atoms with Crippen molar-refractivity contribution in [1.82, 2.24) is 4.90 Å². The molecule has 0 bridgehead atoms. The highest BCUT2D eigenvalue weighted by Crippen LogP contribution is 2.37. The molecule has 3 rings (SSSR count). The molecule has 2 aromatic carbocycles. The summed E-state index contributed by atoms with van der Waals surface area (Å²) < 4.78 is 10.9. The molecule has 0 radical (unpaired) electrons. The van der Waals surface area contributed by atoms with Gasteiger partial charge in [0.1, 0.15) is 0 Å². The van der Waals surface area contributed by atoms with Gasteiger partial charge in [0, 0.05) is 23.3 Å². The molecule has 1 aliphatic heterocycles. The van der Waals surface area contributed by atoms with Crippen molar-refractivity contribution in [2.45, 2.75) is 6.92 Å². The van der Waals surface area contributed by atoms with Crippen LogP contribution in [-0.2, 0) is 4.79 Å². The maximum absolute atomic E-state index is 12.8. The number of benzene rings is 2. The minimum Gasteiger partial charge on any atom is -0.493 e. The first-order valence-corrected chi connectivity index (χ1v) is 10.00. The molecule has 0 atom stereocenters. The standard InChI is InChI=1S/C21H18N2O7S/c1-3-30-19-14(5-4-6-17(19)29-2)11-18-20(25)22(21(26)31-18)12-16(24)13-7-9-15(10-8-13)23(27)28/h4-11H,3,12H2,1-2H3/b18-11+. The van der Waals surface area contributed by atoms with Crippen LogP contribution in [0.1, 0.15) is 22.8 Å². The molecule has 0 aromatic heterocycles. The van der Waals surface area contributed by atoms with Crippen molar-refractivity contribution in [2.75, 3.05) is 20.3 Å². The second-order valence-corrected chi connectivity index (χ2v) is 7.30. The van der Waals surface area contributed by atoms with E-state index >= 15 is 0 Å². The van der Waals surface area contributed by atoms with E-state index in [-0.39, 0.29) is 16.2 Å². The van der Waals surface area contributed by atoms with Gasteiger partial charge in [-0.05, 0) is 43.0 Å². The fraction of sp³-hybridized carbons (Fsp3) is 0.190. The SMILES string of the molecule is CCOc1c(/C=C2/SC(=O)N(CC(=O)c3ccc([N+](=O)[O-])cc3)C2=O)cccc1OC. The van der Waals surface area contributed by atoms with Crippen LogP contribution >= 0.6 is 11.8 Å². The third-order valence-electron chi connectivity index (χ3n) is 4.38. The predicted octanol–water partition coefficient (Wildman–Crippen LogP) is 3.92. The van der Waals surface area contributed by atoms with Crippen LogP contribution in [0.15, 0.2) is 47.4 Å². The van der Waals surface area contributed by atoms with E-state index in [0.29, 0.717) is 23.7 Å². The Hall–Kier alpha value is -3.66. The third kappa shape index (κ3) is 4.75. The van der Waals surface area contributed by atoms with E-state index in [1.807, 2.05) is 6.92 Å². The number of para-hydroxylation sites is 1. The highest BCUT2D eigenvalue weighted by molar-refractivity contribution is 8.18. The summed E-state index contributed by atoms with van der Waals surface area (Å²) in [6, 6.07) is 10.1. The number of non-ortho nitro benzene ring substituents is 1. The number of thioether (sulfide) groups is 1. The lowest BCUT2D eigenvalue weighted by atomic mass is 10.1. The van der Waals surface area contributed by atoms with Crippen molar-refractivity contribution in [3.05, 3.63) is 68.6 Å². The summed E-state index contributed by atoms with van der Waals surface area (Å²) in [5, 5.41) is 10.2. The van der Waals surface area contributed by atoms with Gasteiger partial charge in [-0.15, -0.1) is 0 Å². The summed E-state index contributed by atoms with van der Waals surface area (Å²) in [5.74, 6) is -0.171. The minimum atomic E-state index is -0.601. The molecule has 10 heteroatoms. The number of nitrogens with zero attached hydrogens (tertiary/aromatic N) is 2. The average molecular weight is 442 g/mol. The fourth-order valence-electron chi connectivity index (χ4n) is 2.89. The molecule has 1 aliphatic rings. The van der Waals surface area contributed by atoms with Gasteiger partial charge in [0.2, 0.25) is 0 Å². The fourth-order valence-corrected chi connectivity index (χ4v) is 3.72. The first kappa shape index (κ1) is 22.0. The Balaban J connectivity index is 1.81. The number of nitro groups is 1. The molecule has 2 amide bonds. The minimum absolute atomic E-state index is 0.149. The lowest BCUT2D eigenvalue weighted by molar-refractivity contribution is -0.384. The molecule has 2 aromatic rings. The molecule has 0 unspecified atom stereocenters. The zero-order valence-electron chi connectivity index (χ0n) is 16.7. The zero-order chi connectivity index (χ0) is 22.5. The van der Waals surface area contributed by atoms with E-state index in [9.17, 15) is 24.5 Å². The number of carbonyl (C=O) groups is 3. The lowest BCUT2D eigenvalue weighted by Crippen LogP contribution is -2.33. The zero-order valence-corrected chi connectivity index (χ0v) is 17.5. The first-order valence-electron chi connectivity index (χ1n) is 9.18. The van der Waals surface area contributed by atoms with Crippen molar-refractivity contribution in [3.63, 3.8) is 0 Å². The van der Waals surface area contributed by atoms with Gasteiger partial charge < -0.3 is 9.47 Å². The Kier molecular flexibility index (Phi) is 6.71. The van der Waals surface area contributed by atoms with Gasteiger partial charge in [-0.25, -0.2) is 0 Å². The summed E-state index contributed by atoms with van der Waals surface area (Å²) in [5.41, 5.74) is 0.572. The molecular weight excluding hydrogens is 424 g/mol. The van der Waals surface area contributed by atoms with Gasteiger partial charge in [0.05, 0.1) is 30.1 Å². The number of nitro benzene ring substituents is 1. The summed E-state index contributed by atoms with van der Waals surface area (Å²) in [6.45, 7) is 1.73. The molecule has 0 N–H and O–H groups in total. The monoisotopic (exact) mass is 442 g/mol. The number of Topliss-reactive ketones (excluding diaryl/α,β-unsaturated/α-hetero) is 1. The normalized spacial score (nSPS) is 14.8. The summed E-state index contributed by atoms with van der Waals surface area (Å²) in [7, 11) is 1.50. The predicted molar refractivity (Wildman–Crippen MR) is 114 cm³/mol. The average Bonchev–Trinajstić information content (AvgIpc) is 3.02. The van der Waals surface area contributed by atoms with Crippen molar-refractivity contribution in [1.29, 1.82) is 0 Å². The smallest absolute Gasteiger partial charge is 0.293 e. The van der Waals surface area contributed by atoms with Crippen molar-refractivity contribution >= 4 is 40.5 Å². The molecular formula is C21H18N2O7S. The van der Waals surface area contributed by atoms with E-state index in [4.69, 9.17) is 9.47 Å². The molecule has 9 nitrogen and oxygen atoms in total. The van der Waals surface area contributed by atoms with Crippen LogP contribution in [0.25, 0.3) is 6.08 Å². The highest BCUT2D eigenvalue weighted by Gasteiger charge is 2.36. The molecule has 0 aliphatic carbocycles. The molecule has 1 fully saturated rings. The Morgan fingerprint density at radius 1 is 1.19 bits per heavy atom. The van der Waals surface area contributed by atoms with E-state index in [1.165, 1.54) is 37.5 Å². The third-order valence-corrected chi connectivity index (χ3v) is 5.29.